The molecule has 0 aromatic carbocycles. The summed E-state index contributed by atoms with van der Waals surface area (Å²) in [5.74, 6) is 3.34. The lowest BCUT2D eigenvalue weighted by molar-refractivity contribution is -0.121. The van der Waals surface area contributed by atoms with Crippen LogP contribution >= 0.6 is 21.6 Å². The molecule has 0 aromatic heterocycles. The molecule has 0 rings (SSSR count). The normalized spacial score (nSPS) is 11.2. The van der Waals surface area contributed by atoms with Crippen LogP contribution in [-0.2, 0) is 9.53 Å². The van der Waals surface area contributed by atoms with E-state index in [-0.39, 0.29) is 13.3 Å². The molecule has 0 aliphatic heterocycles. The van der Waals surface area contributed by atoms with Crippen molar-refractivity contribution >= 4 is 27.5 Å². The molecule has 5 heteroatoms. The van der Waals surface area contributed by atoms with Crippen LogP contribution in [0.2, 0.25) is 0 Å². The largest absolute Gasteiger partial charge is 0.370 e. The van der Waals surface area contributed by atoms with Crippen LogP contribution in [0.5, 0.6) is 0 Å². The van der Waals surface area contributed by atoms with Gasteiger partial charge >= 0.3 is 0 Å². The van der Waals surface area contributed by atoms with Gasteiger partial charge in [0.15, 0.2) is 0 Å². The fourth-order valence-corrected chi connectivity index (χ4v) is 3.44. The number of rotatable bonds is 14. The van der Waals surface area contributed by atoms with E-state index in [1.54, 1.807) is 10.8 Å². The Morgan fingerprint density at radius 2 is 1.91 bits per heavy atom. The molecule has 3 nitrogen and oxygen atoms in total. The number of allylic oxidation sites excluding steroid dienone is 1. The third-order valence-electron chi connectivity index (χ3n) is 2.85. The fraction of sp³-hybridized carbons (Fsp3) is 0.833. The lowest BCUT2D eigenvalue weighted by Crippen LogP contribution is -2.23. The Morgan fingerprint density at radius 3 is 2.57 bits per heavy atom. The summed E-state index contributed by atoms with van der Waals surface area (Å²) in [6.45, 7) is 10.1. The number of hydrogen-bond acceptors (Lipinski definition) is 4. The SMILES string of the molecule is C.CC(C)/C=C/CNC(=O)CCCOCSSCCCC(C)C. The second-order valence-corrected chi connectivity index (χ2v) is 8.61. The van der Waals surface area contributed by atoms with E-state index in [4.69, 9.17) is 4.74 Å². The summed E-state index contributed by atoms with van der Waals surface area (Å²) in [7, 11) is 3.65. The lowest BCUT2D eigenvalue weighted by Gasteiger charge is -2.05. The van der Waals surface area contributed by atoms with E-state index in [1.165, 1.54) is 18.6 Å². The summed E-state index contributed by atoms with van der Waals surface area (Å²) >= 11 is 0. The van der Waals surface area contributed by atoms with Gasteiger partial charge < -0.3 is 10.1 Å². The summed E-state index contributed by atoms with van der Waals surface area (Å²) < 4.78 is 5.52. The minimum atomic E-state index is 0. The molecule has 0 bridgehead atoms. The van der Waals surface area contributed by atoms with Gasteiger partial charge in [-0.15, -0.1) is 0 Å². The van der Waals surface area contributed by atoms with Crippen LogP contribution in [0.25, 0.3) is 0 Å². The number of carbonyl (C=O) groups is 1. The Hall–Kier alpha value is -0.130. The maximum atomic E-state index is 11.5. The Morgan fingerprint density at radius 1 is 1.17 bits per heavy atom. The van der Waals surface area contributed by atoms with Crippen LogP contribution in [0.3, 0.4) is 0 Å². The average molecular weight is 364 g/mol. The summed E-state index contributed by atoms with van der Waals surface area (Å²) in [4.78, 5) is 11.5. The second-order valence-electron chi connectivity index (χ2n) is 6.08. The van der Waals surface area contributed by atoms with E-state index < -0.39 is 0 Å². The van der Waals surface area contributed by atoms with Crippen molar-refractivity contribution in [3.05, 3.63) is 12.2 Å². The average Bonchev–Trinajstić information content (AvgIpc) is 2.45. The van der Waals surface area contributed by atoms with Gasteiger partial charge in [-0.3, -0.25) is 4.79 Å². The molecule has 1 N–H and O–H groups in total. The van der Waals surface area contributed by atoms with E-state index in [2.05, 4.69) is 39.1 Å². The Kier molecular flexibility index (Phi) is 19.9. The van der Waals surface area contributed by atoms with Crippen molar-refractivity contribution < 1.29 is 9.53 Å². The first-order valence-corrected chi connectivity index (χ1v) is 10.8. The third-order valence-corrected chi connectivity index (χ3v) is 5.03. The van der Waals surface area contributed by atoms with Crippen molar-refractivity contribution in [1.29, 1.82) is 0 Å². The molecule has 0 saturated carbocycles. The van der Waals surface area contributed by atoms with Crippen molar-refractivity contribution in [1.82, 2.24) is 5.32 Å². The smallest absolute Gasteiger partial charge is 0.220 e. The van der Waals surface area contributed by atoms with Crippen LogP contribution in [0.15, 0.2) is 12.2 Å². The van der Waals surface area contributed by atoms with E-state index >= 15 is 0 Å². The van der Waals surface area contributed by atoms with Crippen LogP contribution in [-0.4, -0.2) is 30.8 Å². The predicted octanol–water partition coefficient (Wildman–Crippen LogP) is 5.52. The molecule has 23 heavy (non-hydrogen) atoms. The molecule has 0 unspecified atom stereocenters. The highest BCUT2D eigenvalue weighted by atomic mass is 33.1. The minimum Gasteiger partial charge on any atom is -0.370 e. The molecule has 0 aliphatic carbocycles. The molecular weight excluding hydrogens is 326 g/mol. The van der Waals surface area contributed by atoms with Crippen LogP contribution < -0.4 is 5.32 Å². The van der Waals surface area contributed by atoms with Crippen LogP contribution in [0.4, 0.5) is 0 Å². The Balaban J connectivity index is 0. The lowest BCUT2D eigenvalue weighted by atomic mass is 10.1. The zero-order valence-corrected chi connectivity index (χ0v) is 16.2. The molecule has 138 valence electrons. The number of nitrogens with one attached hydrogen (secondary N) is 1. The molecule has 0 aliphatic rings. The number of amides is 1. The predicted molar refractivity (Wildman–Crippen MR) is 108 cm³/mol. The van der Waals surface area contributed by atoms with Crippen molar-refractivity contribution in [3.63, 3.8) is 0 Å². The van der Waals surface area contributed by atoms with Gasteiger partial charge in [-0.2, -0.15) is 0 Å². The van der Waals surface area contributed by atoms with Gasteiger partial charge in [0.05, 0.1) is 0 Å². The number of ether oxygens (including phenoxy) is 1. The Labute approximate surface area is 152 Å². The zero-order valence-electron chi connectivity index (χ0n) is 14.6. The van der Waals surface area contributed by atoms with Crippen LogP contribution in [0, 0.1) is 11.8 Å². The first-order chi connectivity index (χ1) is 10.5. The molecule has 0 radical (unpaired) electrons. The maximum absolute atomic E-state index is 11.5. The van der Waals surface area contributed by atoms with Gasteiger partial charge in [0, 0.05) is 25.3 Å². The highest BCUT2D eigenvalue weighted by Crippen LogP contribution is 2.23. The van der Waals surface area contributed by atoms with Crippen molar-refractivity contribution in [3.8, 4) is 0 Å². The monoisotopic (exact) mass is 363 g/mol. The summed E-state index contributed by atoms with van der Waals surface area (Å²) in [5.41, 5.74) is 0. The van der Waals surface area contributed by atoms with Crippen molar-refractivity contribution in [2.75, 3.05) is 24.8 Å². The molecule has 0 saturated heterocycles. The van der Waals surface area contributed by atoms with Gasteiger partial charge in [-0.1, -0.05) is 75.3 Å². The summed E-state index contributed by atoms with van der Waals surface area (Å²) in [5, 5.41) is 2.88. The third kappa shape index (κ3) is 21.9. The molecule has 0 spiro atoms. The quantitative estimate of drug-likeness (QED) is 0.191. The summed E-state index contributed by atoms with van der Waals surface area (Å²) in [6.07, 6.45) is 8.02. The minimum absolute atomic E-state index is 0. The Bertz CT molecular complexity index is 295. The topological polar surface area (TPSA) is 38.3 Å². The first kappa shape index (κ1) is 25.1. The molecule has 0 aromatic rings. The molecule has 0 fully saturated rings. The van der Waals surface area contributed by atoms with E-state index in [0.717, 1.165) is 12.3 Å². The summed E-state index contributed by atoms with van der Waals surface area (Å²) in [6, 6.07) is 0. The highest BCUT2D eigenvalue weighted by molar-refractivity contribution is 8.76. The fourth-order valence-electron chi connectivity index (χ4n) is 1.67. The van der Waals surface area contributed by atoms with E-state index in [0.29, 0.717) is 31.4 Å². The van der Waals surface area contributed by atoms with Crippen LogP contribution in [0.1, 0.15) is 60.8 Å². The van der Waals surface area contributed by atoms with Crippen molar-refractivity contribution in [2.24, 2.45) is 11.8 Å². The standard InChI is InChI=1S/C17H33NO2S2.CH4/c1-15(2)8-5-11-18-17(19)10-6-12-20-14-22-21-13-7-9-16(3)4;/h5,8,15-16H,6-7,9-14H2,1-4H3,(H,18,19);1H4/b8-5+;. The van der Waals surface area contributed by atoms with Gasteiger partial charge in [-0.05, 0) is 24.7 Å². The zero-order chi connectivity index (χ0) is 16.6. The van der Waals surface area contributed by atoms with Crippen molar-refractivity contribution in [2.45, 2.75) is 60.8 Å². The van der Waals surface area contributed by atoms with E-state index in [9.17, 15) is 4.79 Å². The second kappa shape index (κ2) is 18.2. The number of carbonyl (C=O) groups excluding carboxylic acids is 1. The molecule has 1 amide bonds. The van der Waals surface area contributed by atoms with Gasteiger partial charge in [0.1, 0.15) is 5.94 Å². The van der Waals surface area contributed by atoms with Gasteiger partial charge in [0.25, 0.3) is 0 Å². The first-order valence-electron chi connectivity index (χ1n) is 8.28. The highest BCUT2D eigenvalue weighted by Gasteiger charge is 2.00. The van der Waals surface area contributed by atoms with Gasteiger partial charge in [-0.25, -0.2) is 0 Å². The molecule has 0 atom stereocenters. The maximum Gasteiger partial charge on any atom is 0.220 e. The molecule has 0 heterocycles. The van der Waals surface area contributed by atoms with Gasteiger partial charge in [0.2, 0.25) is 5.91 Å². The van der Waals surface area contributed by atoms with E-state index in [1.807, 2.05) is 16.9 Å². The molecular formula is C18H37NO2S2. The number of hydrogen-bond donors (Lipinski definition) is 1.